The van der Waals surface area contributed by atoms with Crippen molar-refractivity contribution >= 4 is 50.1 Å². The minimum Gasteiger partial charge on any atom is -0.483 e. The fourth-order valence-corrected chi connectivity index (χ4v) is 5.45. The second kappa shape index (κ2) is 11.9. The van der Waals surface area contributed by atoms with Crippen LogP contribution in [0.3, 0.4) is 0 Å². The van der Waals surface area contributed by atoms with Gasteiger partial charge in [0, 0.05) is 17.6 Å². The molecule has 1 atom stereocenters. The first kappa shape index (κ1) is 25.5. The molecule has 0 saturated heterocycles. The van der Waals surface area contributed by atoms with Crippen molar-refractivity contribution in [1.82, 2.24) is 10.2 Å². The predicted molar refractivity (Wildman–Crippen MR) is 144 cm³/mol. The van der Waals surface area contributed by atoms with Crippen molar-refractivity contribution in [3.8, 4) is 5.75 Å². The molecule has 5 nitrogen and oxygen atoms in total. The van der Waals surface area contributed by atoms with Gasteiger partial charge in [0.05, 0.1) is 4.47 Å². The molecule has 4 rings (SSSR count). The summed E-state index contributed by atoms with van der Waals surface area (Å²) in [5.41, 5.74) is 0.793. The molecule has 1 fully saturated rings. The maximum absolute atomic E-state index is 13.5. The molecule has 0 spiro atoms. The smallest absolute Gasteiger partial charge is 0.261 e. The number of rotatable bonds is 9. The van der Waals surface area contributed by atoms with Gasteiger partial charge in [0.1, 0.15) is 11.8 Å². The third-order valence-electron chi connectivity index (χ3n) is 6.56. The van der Waals surface area contributed by atoms with E-state index in [1.54, 1.807) is 11.0 Å². The molecule has 0 aromatic heterocycles. The molecule has 1 saturated carbocycles. The average molecular weight is 558 g/mol. The van der Waals surface area contributed by atoms with Crippen LogP contribution in [0.1, 0.15) is 44.6 Å². The highest BCUT2D eigenvalue weighted by molar-refractivity contribution is 9.10. The minimum atomic E-state index is -0.608. The summed E-state index contributed by atoms with van der Waals surface area (Å²) in [6.45, 7) is 1.97. The van der Waals surface area contributed by atoms with Crippen LogP contribution in [0.2, 0.25) is 5.02 Å². The van der Waals surface area contributed by atoms with E-state index in [-0.39, 0.29) is 31.0 Å². The summed E-state index contributed by atoms with van der Waals surface area (Å²) >= 11 is 10.0. The van der Waals surface area contributed by atoms with Crippen LogP contribution < -0.4 is 10.1 Å². The number of amides is 2. The lowest BCUT2D eigenvalue weighted by Gasteiger charge is -2.31. The Morgan fingerprint density at radius 2 is 1.80 bits per heavy atom. The van der Waals surface area contributed by atoms with Crippen molar-refractivity contribution in [3.63, 3.8) is 0 Å². The lowest BCUT2D eigenvalue weighted by atomic mass is 10.1. The number of ether oxygens (including phenoxy) is 1. The normalized spacial score (nSPS) is 14.6. The number of halogens is 2. The Labute approximate surface area is 219 Å². The van der Waals surface area contributed by atoms with E-state index >= 15 is 0 Å². The Hall–Kier alpha value is -2.57. The molecule has 0 aliphatic heterocycles. The van der Waals surface area contributed by atoms with Gasteiger partial charge in [0.15, 0.2) is 6.61 Å². The van der Waals surface area contributed by atoms with Crippen LogP contribution in [0.5, 0.6) is 5.75 Å². The Morgan fingerprint density at radius 1 is 1.09 bits per heavy atom. The molecule has 2 amide bonds. The highest BCUT2D eigenvalue weighted by Gasteiger charge is 2.31. The van der Waals surface area contributed by atoms with Gasteiger partial charge < -0.3 is 15.0 Å². The van der Waals surface area contributed by atoms with Crippen LogP contribution in [-0.4, -0.2) is 35.4 Å². The highest BCUT2D eigenvalue weighted by atomic mass is 79.9. The average Bonchev–Trinajstić information content (AvgIpc) is 3.37. The predicted octanol–water partition coefficient (Wildman–Crippen LogP) is 6.50. The van der Waals surface area contributed by atoms with Gasteiger partial charge in [0.25, 0.3) is 5.91 Å². The molecule has 1 aliphatic rings. The Morgan fingerprint density at radius 3 is 2.54 bits per heavy atom. The Kier molecular flexibility index (Phi) is 8.69. The largest absolute Gasteiger partial charge is 0.483 e. The molecule has 184 valence electrons. The molecule has 3 aromatic carbocycles. The Balaban J connectivity index is 1.54. The van der Waals surface area contributed by atoms with Gasteiger partial charge in [-0.2, -0.15) is 0 Å². The lowest BCUT2D eigenvalue weighted by molar-refractivity contribution is -0.143. The van der Waals surface area contributed by atoms with Gasteiger partial charge in [-0.05, 0) is 63.7 Å². The molecule has 7 heteroatoms. The zero-order valence-electron chi connectivity index (χ0n) is 19.8. The molecule has 1 aliphatic carbocycles. The minimum absolute atomic E-state index is 0.119. The van der Waals surface area contributed by atoms with Gasteiger partial charge in [-0.15, -0.1) is 0 Å². The second-order valence-corrected chi connectivity index (χ2v) is 10.1. The van der Waals surface area contributed by atoms with Crippen LogP contribution in [0, 0.1) is 0 Å². The zero-order chi connectivity index (χ0) is 24.8. The van der Waals surface area contributed by atoms with Crippen LogP contribution in [0.15, 0.2) is 65.1 Å². The lowest BCUT2D eigenvalue weighted by Crippen LogP contribution is -2.52. The molecular formula is C28H30BrClN2O3. The number of nitrogens with zero attached hydrogens (tertiary/aromatic N) is 1. The van der Waals surface area contributed by atoms with E-state index in [9.17, 15) is 9.59 Å². The van der Waals surface area contributed by atoms with Crippen molar-refractivity contribution in [2.75, 3.05) is 6.61 Å². The van der Waals surface area contributed by atoms with Crippen molar-refractivity contribution in [1.29, 1.82) is 0 Å². The van der Waals surface area contributed by atoms with E-state index in [1.807, 2.05) is 61.5 Å². The van der Waals surface area contributed by atoms with Crippen LogP contribution >= 0.6 is 27.5 Å². The molecule has 35 heavy (non-hydrogen) atoms. The SMILES string of the molecule is CC[C@@H](C(=O)NC1CCCC1)N(Cc1ccccc1Cl)C(=O)COc1ccc2ccccc2c1Br. The van der Waals surface area contributed by atoms with Crippen molar-refractivity contribution in [2.45, 2.75) is 57.7 Å². The standard InChI is InChI=1S/C28H30BrClN2O3/c1-2-24(28(34)31-21-11-5-6-12-21)32(17-20-10-4-8-14-23(20)30)26(33)18-35-25-16-15-19-9-3-7-13-22(19)27(25)29/h3-4,7-10,13-16,21,24H,2,5-6,11-12,17-18H2,1H3,(H,31,34)/t24-/m0/s1. The topological polar surface area (TPSA) is 58.6 Å². The zero-order valence-corrected chi connectivity index (χ0v) is 22.1. The monoisotopic (exact) mass is 556 g/mol. The maximum atomic E-state index is 13.5. The van der Waals surface area contributed by atoms with Crippen molar-refractivity contribution in [2.24, 2.45) is 0 Å². The van der Waals surface area contributed by atoms with Crippen molar-refractivity contribution in [3.05, 3.63) is 75.7 Å². The molecule has 0 unspecified atom stereocenters. The van der Waals surface area contributed by atoms with E-state index < -0.39 is 6.04 Å². The fraction of sp³-hybridized carbons (Fsp3) is 0.357. The van der Waals surface area contributed by atoms with Gasteiger partial charge in [-0.1, -0.05) is 79.9 Å². The first-order chi connectivity index (χ1) is 17.0. The second-order valence-electron chi connectivity index (χ2n) is 8.91. The van der Waals surface area contributed by atoms with Gasteiger partial charge in [-0.25, -0.2) is 0 Å². The van der Waals surface area contributed by atoms with Gasteiger partial charge in [-0.3, -0.25) is 9.59 Å². The quantitative estimate of drug-likeness (QED) is 0.327. The molecule has 1 N–H and O–H groups in total. The number of carbonyl (C=O) groups is 2. The number of nitrogens with one attached hydrogen (secondary N) is 1. The van der Waals surface area contributed by atoms with E-state index in [4.69, 9.17) is 16.3 Å². The van der Waals surface area contributed by atoms with Crippen LogP contribution in [0.4, 0.5) is 0 Å². The number of hydrogen-bond donors (Lipinski definition) is 1. The molecule has 3 aromatic rings. The fourth-order valence-electron chi connectivity index (χ4n) is 4.64. The van der Waals surface area contributed by atoms with E-state index in [0.717, 1.165) is 46.5 Å². The summed E-state index contributed by atoms with van der Waals surface area (Å²) in [5.74, 6) is 0.197. The van der Waals surface area contributed by atoms with E-state index in [0.29, 0.717) is 17.2 Å². The molecular weight excluding hydrogens is 528 g/mol. The Bertz CT molecular complexity index is 1200. The van der Waals surface area contributed by atoms with E-state index in [2.05, 4.69) is 21.2 Å². The van der Waals surface area contributed by atoms with Gasteiger partial charge >= 0.3 is 0 Å². The first-order valence-corrected chi connectivity index (χ1v) is 13.3. The summed E-state index contributed by atoms with van der Waals surface area (Å²) in [6.07, 6.45) is 4.71. The number of hydrogen-bond acceptors (Lipinski definition) is 3. The summed E-state index contributed by atoms with van der Waals surface area (Å²) < 4.78 is 6.76. The van der Waals surface area contributed by atoms with Crippen molar-refractivity contribution < 1.29 is 14.3 Å². The third-order valence-corrected chi connectivity index (χ3v) is 7.75. The summed E-state index contributed by atoms with van der Waals surface area (Å²) in [4.78, 5) is 28.3. The third kappa shape index (κ3) is 6.17. The number of benzene rings is 3. The first-order valence-electron chi connectivity index (χ1n) is 12.1. The summed E-state index contributed by atoms with van der Waals surface area (Å²) in [5, 5.41) is 5.80. The highest BCUT2D eigenvalue weighted by Crippen LogP contribution is 2.33. The van der Waals surface area contributed by atoms with E-state index in [1.165, 1.54) is 0 Å². The number of carbonyl (C=O) groups excluding carboxylic acids is 2. The number of fused-ring (bicyclic) bond motifs is 1. The molecule has 0 bridgehead atoms. The summed E-state index contributed by atoms with van der Waals surface area (Å²) in [7, 11) is 0. The summed E-state index contributed by atoms with van der Waals surface area (Å²) in [6, 6.07) is 18.7. The molecule has 0 heterocycles. The van der Waals surface area contributed by atoms with Gasteiger partial charge in [0.2, 0.25) is 5.91 Å². The maximum Gasteiger partial charge on any atom is 0.261 e. The van der Waals surface area contributed by atoms with Crippen LogP contribution in [0.25, 0.3) is 10.8 Å². The molecule has 0 radical (unpaired) electrons. The van der Waals surface area contributed by atoms with Crippen LogP contribution in [-0.2, 0) is 16.1 Å².